The molecule has 3 aromatic rings. The minimum absolute atomic E-state index is 0.0397. The molecule has 6 rings (SSSR count). The number of benzene rings is 3. The van der Waals surface area contributed by atoms with Gasteiger partial charge in [-0.3, -0.25) is 0 Å². The van der Waals surface area contributed by atoms with E-state index in [0.29, 0.717) is 0 Å². The van der Waals surface area contributed by atoms with Crippen molar-refractivity contribution in [2.24, 2.45) is 0 Å². The Balaban J connectivity index is 1.94. The van der Waals surface area contributed by atoms with Crippen LogP contribution in [0.5, 0.6) is 0 Å². The topological polar surface area (TPSA) is 0 Å². The van der Waals surface area contributed by atoms with Gasteiger partial charge in [0.2, 0.25) is 0 Å². The Bertz CT molecular complexity index is 1870. The highest BCUT2D eigenvalue weighted by Gasteiger charge is 2.30. The first kappa shape index (κ1) is 26.7. The Labute approximate surface area is 258 Å². The molecule has 0 unspecified atom stereocenters. The molecular formula is C34H28Br4. The van der Waals surface area contributed by atoms with Crippen molar-refractivity contribution < 1.29 is 0 Å². The maximum atomic E-state index is 4.08. The van der Waals surface area contributed by atoms with Crippen LogP contribution in [0, 0.1) is 0 Å². The lowest BCUT2D eigenvalue weighted by molar-refractivity contribution is 0.591. The van der Waals surface area contributed by atoms with Gasteiger partial charge in [-0.2, -0.15) is 0 Å². The first-order valence-electron chi connectivity index (χ1n) is 12.8. The van der Waals surface area contributed by atoms with E-state index in [1.807, 2.05) is 0 Å². The summed E-state index contributed by atoms with van der Waals surface area (Å²) < 4.78 is 4.40. The van der Waals surface area contributed by atoms with E-state index in [0.717, 1.165) is 17.9 Å². The molecule has 0 N–H and O–H groups in total. The van der Waals surface area contributed by atoms with Crippen molar-refractivity contribution >= 4 is 96.0 Å². The number of fused-ring (bicyclic) bond motifs is 9. The van der Waals surface area contributed by atoms with Crippen LogP contribution in [0.25, 0.3) is 54.6 Å². The van der Waals surface area contributed by atoms with Gasteiger partial charge in [0.25, 0.3) is 0 Å². The van der Waals surface area contributed by atoms with Crippen LogP contribution in [0.4, 0.5) is 0 Å². The van der Waals surface area contributed by atoms with Gasteiger partial charge in [-0.25, -0.2) is 0 Å². The maximum Gasteiger partial charge on any atom is 0.0414 e. The van der Waals surface area contributed by atoms with Gasteiger partial charge in [0, 0.05) is 34.6 Å². The van der Waals surface area contributed by atoms with E-state index in [1.54, 1.807) is 0 Å². The Morgan fingerprint density at radius 3 is 1.37 bits per heavy atom. The Hall–Kier alpha value is -1.46. The van der Waals surface area contributed by atoms with E-state index >= 15 is 0 Å². The van der Waals surface area contributed by atoms with Crippen LogP contribution >= 0.6 is 63.7 Å². The average Bonchev–Trinajstić information content (AvgIpc) is 3.31. The van der Waals surface area contributed by atoms with Gasteiger partial charge < -0.3 is 0 Å². The van der Waals surface area contributed by atoms with E-state index in [9.17, 15) is 0 Å². The zero-order valence-electron chi connectivity index (χ0n) is 22.3. The maximum absolute atomic E-state index is 4.08. The second-order valence-electron chi connectivity index (χ2n) is 12.3. The van der Waals surface area contributed by atoms with E-state index < -0.39 is 0 Å². The largest absolute Gasteiger partial charge is 0.0616 e. The summed E-state index contributed by atoms with van der Waals surface area (Å²) in [4.78, 5) is 0. The zero-order valence-corrected chi connectivity index (χ0v) is 28.6. The van der Waals surface area contributed by atoms with Crippen molar-refractivity contribution in [2.75, 3.05) is 0 Å². The minimum atomic E-state index is 0.0397. The van der Waals surface area contributed by atoms with Gasteiger partial charge in [0.05, 0.1) is 0 Å². The average molecular weight is 756 g/mol. The second-order valence-corrected chi connectivity index (χ2v) is 15.5. The van der Waals surface area contributed by atoms with Crippen LogP contribution in [-0.4, -0.2) is 0 Å². The summed E-state index contributed by atoms with van der Waals surface area (Å²) in [5, 5.41) is 7.42. The van der Waals surface area contributed by atoms with E-state index in [1.165, 1.54) is 65.7 Å². The number of hydrogen-bond donors (Lipinski definition) is 0. The molecule has 0 atom stereocenters. The minimum Gasteiger partial charge on any atom is -0.0616 e. The zero-order chi connectivity index (χ0) is 27.3. The molecule has 192 valence electrons. The molecule has 0 aromatic heterocycles. The molecule has 0 aliphatic heterocycles. The van der Waals surface area contributed by atoms with Crippen LogP contribution in [0.1, 0.15) is 52.7 Å². The molecule has 3 aromatic carbocycles. The van der Waals surface area contributed by atoms with Crippen molar-refractivity contribution in [1.29, 1.82) is 0 Å². The SMILES string of the molecule is CC(C)(C)c1ccc2c3c(Br)c4ccccc4c-3c3c4ccc(C(C)(C)C)cc4c(Br)c-3c(Br)c(Br)c2c1. The van der Waals surface area contributed by atoms with Gasteiger partial charge in [-0.1, -0.05) is 90.1 Å². The fourth-order valence-corrected chi connectivity index (χ4v) is 8.56. The van der Waals surface area contributed by atoms with Gasteiger partial charge in [-0.15, -0.1) is 0 Å². The summed E-state index contributed by atoms with van der Waals surface area (Å²) in [5.74, 6) is 0. The van der Waals surface area contributed by atoms with Crippen LogP contribution in [0.2, 0.25) is 0 Å². The summed E-state index contributed by atoms with van der Waals surface area (Å²) in [6, 6.07) is 22.7. The van der Waals surface area contributed by atoms with Gasteiger partial charge in [0.15, 0.2) is 0 Å². The number of halogens is 4. The molecule has 0 saturated carbocycles. The monoisotopic (exact) mass is 752 g/mol. The molecule has 3 aliphatic rings. The normalized spacial score (nSPS) is 13.0. The molecule has 0 fully saturated rings. The van der Waals surface area contributed by atoms with E-state index in [-0.39, 0.29) is 10.8 Å². The smallest absolute Gasteiger partial charge is 0.0414 e. The lowest BCUT2D eigenvalue weighted by Gasteiger charge is -2.21. The standard InChI is InChI=1S/C34H28Br4/c1-33(2,3)17-11-13-20-23(15-17)30(36)28-26(20)25-19-9-7-8-10-22(19)29(35)27(25)21-14-12-18(34(4,5)6)16-24(21)31(37)32(28)38/h7-16H,1-6H3. The van der Waals surface area contributed by atoms with Crippen LogP contribution < -0.4 is 0 Å². The third-order valence-electron chi connectivity index (χ3n) is 7.82. The van der Waals surface area contributed by atoms with Crippen molar-refractivity contribution in [3.63, 3.8) is 0 Å². The van der Waals surface area contributed by atoms with Crippen molar-refractivity contribution in [3.05, 3.63) is 89.7 Å². The lowest BCUT2D eigenvalue weighted by atomic mass is 9.84. The van der Waals surface area contributed by atoms with Crippen molar-refractivity contribution in [3.8, 4) is 22.3 Å². The van der Waals surface area contributed by atoms with Crippen LogP contribution in [0.15, 0.2) is 78.6 Å². The summed E-state index contributed by atoms with van der Waals surface area (Å²) in [7, 11) is 0. The van der Waals surface area contributed by atoms with Crippen molar-refractivity contribution in [2.45, 2.75) is 52.4 Å². The molecule has 0 nitrogen and oxygen atoms in total. The van der Waals surface area contributed by atoms with Crippen LogP contribution in [-0.2, 0) is 10.8 Å². The molecule has 38 heavy (non-hydrogen) atoms. The van der Waals surface area contributed by atoms with Crippen molar-refractivity contribution in [1.82, 2.24) is 0 Å². The Kier molecular flexibility index (Phi) is 6.35. The molecule has 0 radical (unpaired) electrons. The number of rotatable bonds is 0. The van der Waals surface area contributed by atoms with Gasteiger partial charge in [-0.05, 0) is 136 Å². The fraction of sp³-hybridized carbons (Fsp3) is 0.235. The Morgan fingerprint density at radius 1 is 0.395 bits per heavy atom. The van der Waals surface area contributed by atoms with Gasteiger partial charge in [0.1, 0.15) is 0 Å². The predicted octanol–water partition coefficient (Wildman–Crippen LogP) is 13.0. The van der Waals surface area contributed by atoms with E-state index in [4.69, 9.17) is 0 Å². The highest BCUT2D eigenvalue weighted by molar-refractivity contribution is 9.13. The summed E-state index contributed by atoms with van der Waals surface area (Å²) in [5.41, 5.74) is 7.72. The molecule has 0 heterocycles. The van der Waals surface area contributed by atoms with Crippen LogP contribution in [0.3, 0.4) is 0 Å². The quantitative estimate of drug-likeness (QED) is 0.145. The molecule has 3 aliphatic carbocycles. The third kappa shape index (κ3) is 3.92. The summed E-state index contributed by atoms with van der Waals surface area (Å²) in [6.07, 6.45) is 0. The molecule has 0 amide bonds. The number of hydrogen-bond acceptors (Lipinski definition) is 0. The molecule has 0 spiro atoms. The fourth-order valence-electron chi connectivity index (χ4n) is 5.68. The molecule has 0 bridgehead atoms. The Morgan fingerprint density at radius 2 is 0.816 bits per heavy atom. The molecule has 4 heteroatoms. The molecule has 0 saturated heterocycles. The first-order chi connectivity index (χ1) is 17.8. The predicted molar refractivity (Wildman–Crippen MR) is 180 cm³/mol. The highest BCUT2D eigenvalue weighted by atomic mass is 79.9. The highest BCUT2D eigenvalue weighted by Crippen LogP contribution is 2.58. The molecular weight excluding hydrogens is 728 g/mol. The summed E-state index contributed by atoms with van der Waals surface area (Å²) in [6.45, 7) is 13.6. The summed E-state index contributed by atoms with van der Waals surface area (Å²) >= 11 is 16.3. The third-order valence-corrected chi connectivity index (χ3v) is 11.6. The van der Waals surface area contributed by atoms with Gasteiger partial charge >= 0.3 is 0 Å². The first-order valence-corrected chi connectivity index (χ1v) is 16.0. The second kappa shape index (κ2) is 9.03. The van der Waals surface area contributed by atoms with E-state index in [2.05, 4.69) is 166 Å². The lowest BCUT2D eigenvalue weighted by Crippen LogP contribution is -2.10.